The summed E-state index contributed by atoms with van der Waals surface area (Å²) in [7, 11) is 0. The first-order chi connectivity index (χ1) is 11.8. The zero-order chi connectivity index (χ0) is 16.8. The van der Waals surface area contributed by atoms with Crippen LogP contribution in [-0.2, 0) is 17.8 Å². The minimum Gasteiger partial charge on any atom is -0.445 e. The number of thioether (sulfide) groups is 1. The monoisotopic (exact) mass is 342 g/mol. The molecular formula is C17H18N4O2S. The quantitative estimate of drug-likeness (QED) is 0.698. The average molecular weight is 342 g/mol. The number of nitrogens with zero attached hydrogens (tertiary/aromatic N) is 3. The zero-order valence-corrected chi connectivity index (χ0v) is 14.1. The summed E-state index contributed by atoms with van der Waals surface area (Å²) in [4.78, 5) is 20.6. The molecule has 3 rings (SSSR count). The molecule has 2 heterocycles. The lowest BCUT2D eigenvalue weighted by atomic mass is 10.2. The van der Waals surface area contributed by atoms with E-state index in [2.05, 4.69) is 15.3 Å². The molecular weight excluding hydrogens is 324 g/mol. The van der Waals surface area contributed by atoms with Crippen molar-refractivity contribution in [1.82, 2.24) is 19.7 Å². The van der Waals surface area contributed by atoms with Gasteiger partial charge in [-0.1, -0.05) is 30.3 Å². The molecule has 7 heteroatoms. The number of carbonyl (C=O) groups is 1. The predicted molar refractivity (Wildman–Crippen MR) is 93.1 cm³/mol. The van der Waals surface area contributed by atoms with Crippen molar-refractivity contribution in [1.29, 1.82) is 0 Å². The molecule has 6 nitrogen and oxygen atoms in total. The average Bonchev–Trinajstić information content (AvgIpc) is 3.09. The van der Waals surface area contributed by atoms with Crippen LogP contribution in [0.4, 0.5) is 4.79 Å². The van der Waals surface area contributed by atoms with Crippen molar-refractivity contribution in [2.24, 2.45) is 0 Å². The smallest absolute Gasteiger partial charge is 0.407 e. The maximum atomic E-state index is 11.7. The van der Waals surface area contributed by atoms with Crippen LogP contribution < -0.4 is 5.32 Å². The fourth-order valence-electron chi connectivity index (χ4n) is 2.28. The van der Waals surface area contributed by atoms with Gasteiger partial charge in [0.1, 0.15) is 11.6 Å². The molecule has 1 aromatic carbocycles. The number of benzene rings is 1. The van der Waals surface area contributed by atoms with Crippen LogP contribution in [0.1, 0.15) is 11.3 Å². The number of imidazole rings is 1. The lowest BCUT2D eigenvalue weighted by molar-refractivity contribution is 0.140. The molecule has 0 saturated heterocycles. The van der Waals surface area contributed by atoms with Gasteiger partial charge in [-0.05, 0) is 11.8 Å². The van der Waals surface area contributed by atoms with E-state index < -0.39 is 6.09 Å². The highest BCUT2D eigenvalue weighted by Crippen LogP contribution is 2.18. The predicted octanol–water partition coefficient (Wildman–Crippen LogP) is 2.92. The zero-order valence-electron chi connectivity index (χ0n) is 13.3. The molecule has 0 saturated carbocycles. The van der Waals surface area contributed by atoms with E-state index in [1.165, 1.54) is 0 Å². The third kappa shape index (κ3) is 4.05. The number of carbonyl (C=O) groups excluding carboxylic acids is 1. The molecule has 0 fully saturated rings. The Kier molecular flexibility index (Phi) is 5.32. The molecule has 2 aromatic heterocycles. The van der Waals surface area contributed by atoms with E-state index in [4.69, 9.17) is 4.74 Å². The summed E-state index contributed by atoms with van der Waals surface area (Å²) in [6.07, 6.45) is 7.75. The highest BCUT2D eigenvalue weighted by molar-refractivity contribution is 7.98. The van der Waals surface area contributed by atoms with Crippen molar-refractivity contribution in [3.8, 4) is 0 Å². The molecule has 0 radical (unpaired) electrons. The Morgan fingerprint density at radius 1 is 1.33 bits per heavy atom. The van der Waals surface area contributed by atoms with E-state index in [1.807, 2.05) is 53.4 Å². The summed E-state index contributed by atoms with van der Waals surface area (Å²) in [6, 6.07) is 9.59. The molecule has 1 amide bonds. The largest absolute Gasteiger partial charge is 0.445 e. The lowest BCUT2D eigenvalue weighted by Crippen LogP contribution is -2.26. The SMILES string of the molecule is CSc1nc(CCNC(=O)OCc2ccccc2)cn2ccnc12. The number of aromatic nitrogens is 3. The minimum absolute atomic E-state index is 0.266. The van der Waals surface area contributed by atoms with Crippen molar-refractivity contribution in [2.75, 3.05) is 12.8 Å². The third-order valence-electron chi connectivity index (χ3n) is 3.45. The van der Waals surface area contributed by atoms with Gasteiger partial charge in [0, 0.05) is 31.6 Å². The van der Waals surface area contributed by atoms with Crippen LogP contribution in [0.15, 0.2) is 53.9 Å². The topological polar surface area (TPSA) is 68.5 Å². The normalized spacial score (nSPS) is 10.7. The Morgan fingerprint density at radius 2 is 2.17 bits per heavy atom. The van der Waals surface area contributed by atoms with Gasteiger partial charge in [0.15, 0.2) is 5.65 Å². The van der Waals surface area contributed by atoms with Crippen molar-refractivity contribution < 1.29 is 9.53 Å². The molecule has 24 heavy (non-hydrogen) atoms. The molecule has 124 valence electrons. The van der Waals surface area contributed by atoms with Crippen LogP contribution in [0, 0.1) is 0 Å². The molecule has 1 N–H and O–H groups in total. The van der Waals surface area contributed by atoms with Crippen LogP contribution in [0.2, 0.25) is 0 Å². The molecule has 0 aliphatic carbocycles. The van der Waals surface area contributed by atoms with E-state index >= 15 is 0 Å². The third-order valence-corrected chi connectivity index (χ3v) is 4.11. The first kappa shape index (κ1) is 16.3. The van der Waals surface area contributed by atoms with Gasteiger partial charge in [0.25, 0.3) is 0 Å². The van der Waals surface area contributed by atoms with Crippen LogP contribution in [0.5, 0.6) is 0 Å². The van der Waals surface area contributed by atoms with Crippen LogP contribution in [-0.4, -0.2) is 33.3 Å². The summed E-state index contributed by atoms with van der Waals surface area (Å²) in [5, 5.41) is 3.63. The number of amides is 1. The van der Waals surface area contributed by atoms with Gasteiger partial charge < -0.3 is 14.5 Å². The number of fused-ring (bicyclic) bond motifs is 1. The Hall–Kier alpha value is -2.54. The van der Waals surface area contributed by atoms with Gasteiger partial charge in [0.2, 0.25) is 0 Å². The lowest BCUT2D eigenvalue weighted by Gasteiger charge is -2.08. The van der Waals surface area contributed by atoms with E-state index in [0.717, 1.165) is 21.9 Å². The highest BCUT2D eigenvalue weighted by Gasteiger charge is 2.07. The number of hydrogen-bond acceptors (Lipinski definition) is 5. The number of nitrogens with one attached hydrogen (secondary N) is 1. The van der Waals surface area contributed by atoms with E-state index in [9.17, 15) is 4.79 Å². The second kappa shape index (κ2) is 7.83. The number of rotatable bonds is 6. The molecule has 0 aliphatic rings. The van der Waals surface area contributed by atoms with E-state index in [-0.39, 0.29) is 6.61 Å². The molecule has 0 unspecified atom stereocenters. The van der Waals surface area contributed by atoms with Gasteiger partial charge in [-0.2, -0.15) is 0 Å². The van der Waals surface area contributed by atoms with Crippen LogP contribution in [0.3, 0.4) is 0 Å². The minimum atomic E-state index is -0.423. The molecule has 0 bridgehead atoms. The molecule has 0 aliphatic heterocycles. The van der Waals surface area contributed by atoms with Gasteiger partial charge in [-0.15, -0.1) is 11.8 Å². The Balaban J connectivity index is 1.50. The first-order valence-electron chi connectivity index (χ1n) is 7.57. The highest BCUT2D eigenvalue weighted by atomic mass is 32.2. The van der Waals surface area contributed by atoms with E-state index in [0.29, 0.717) is 13.0 Å². The number of ether oxygens (including phenoxy) is 1. The summed E-state index contributed by atoms with van der Waals surface area (Å²) in [6.45, 7) is 0.733. The molecule has 3 aromatic rings. The fraction of sp³-hybridized carbons (Fsp3) is 0.235. The van der Waals surface area contributed by atoms with Crippen LogP contribution >= 0.6 is 11.8 Å². The van der Waals surface area contributed by atoms with Gasteiger partial charge >= 0.3 is 6.09 Å². The van der Waals surface area contributed by atoms with Gasteiger partial charge in [-0.25, -0.2) is 14.8 Å². The molecule has 0 spiro atoms. The van der Waals surface area contributed by atoms with Gasteiger partial charge in [0.05, 0.1) is 5.69 Å². The Bertz CT molecular complexity index is 820. The summed E-state index contributed by atoms with van der Waals surface area (Å²) >= 11 is 1.56. The Labute approximate surface area is 144 Å². The number of alkyl carbamates (subject to hydrolysis) is 1. The van der Waals surface area contributed by atoms with Crippen molar-refractivity contribution >= 4 is 23.5 Å². The molecule has 0 atom stereocenters. The first-order valence-corrected chi connectivity index (χ1v) is 8.80. The maximum Gasteiger partial charge on any atom is 0.407 e. The van der Waals surface area contributed by atoms with Crippen LogP contribution in [0.25, 0.3) is 5.65 Å². The van der Waals surface area contributed by atoms with Crippen molar-refractivity contribution in [3.05, 3.63) is 60.2 Å². The van der Waals surface area contributed by atoms with Crippen molar-refractivity contribution in [2.45, 2.75) is 18.1 Å². The van der Waals surface area contributed by atoms with Crippen molar-refractivity contribution in [3.63, 3.8) is 0 Å². The summed E-state index contributed by atoms with van der Waals surface area (Å²) < 4.78 is 7.13. The summed E-state index contributed by atoms with van der Waals surface area (Å²) in [5.74, 6) is 0. The number of hydrogen-bond donors (Lipinski definition) is 1. The van der Waals surface area contributed by atoms with E-state index in [1.54, 1.807) is 18.0 Å². The second-order valence-electron chi connectivity index (χ2n) is 5.14. The van der Waals surface area contributed by atoms with Gasteiger partial charge in [-0.3, -0.25) is 0 Å². The fourth-order valence-corrected chi connectivity index (χ4v) is 2.83. The standard InChI is InChI=1S/C17H18N4O2S/c1-24-16-15-18-9-10-21(15)11-14(20-16)7-8-19-17(22)23-12-13-5-3-2-4-6-13/h2-6,9-11H,7-8,12H2,1H3,(H,19,22). The second-order valence-corrected chi connectivity index (χ2v) is 5.93. The summed E-state index contributed by atoms with van der Waals surface area (Å²) in [5.41, 5.74) is 2.71. The Morgan fingerprint density at radius 3 is 2.96 bits per heavy atom. The maximum absolute atomic E-state index is 11.7.